The average molecular weight is 397 g/mol. The van der Waals surface area contributed by atoms with E-state index >= 15 is 0 Å². The van der Waals surface area contributed by atoms with Gasteiger partial charge in [0.05, 0.1) is 17.9 Å². The van der Waals surface area contributed by atoms with Crippen LogP contribution in [0, 0.1) is 11.8 Å². The summed E-state index contributed by atoms with van der Waals surface area (Å²) in [4.78, 5) is 40.4. The van der Waals surface area contributed by atoms with Gasteiger partial charge in [0, 0.05) is 17.1 Å². The SMILES string of the molecule is CC(c1ccc(Cl)cc1Cl)N(C)C(=O)CN1C(=O)C2CCCCC2C1=O. The first-order valence-corrected chi connectivity index (χ1v) is 9.62. The molecule has 1 aliphatic carbocycles. The van der Waals surface area contributed by atoms with Crippen molar-refractivity contribution in [3.8, 4) is 0 Å². The van der Waals surface area contributed by atoms with E-state index < -0.39 is 0 Å². The number of carbonyl (C=O) groups excluding carboxylic acids is 3. The number of fused-ring (bicyclic) bond motifs is 1. The van der Waals surface area contributed by atoms with E-state index in [0.717, 1.165) is 36.1 Å². The molecule has 0 radical (unpaired) electrons. The predicted molar refractivity (Wildman–Crippen MR) is 99.8 cm³/mol. The number of rotatable bonds is 4. The molecular formula is C19H22Cl2N2O3. The van der Waals surface area contributed by atoms with Gasteiger partial charge in [-0.1, -0.05) is 42.1 Å². The number of hydrogen-bond donors (Lipinski definition) is 0. The second kappa shape index (κ2) is 7.57. The van der Waals surface area contributed by atoms with Gasteiger partial charge in [-0.2, -0.15) is 0 Å². The molecule has 1 aromatic carbocycles. The van der Waals surface area contributed by atoms with Crippen molar-refractivity contribution in [2.24, 2.45) is 11.8 Å². The van der Waals surface area contributed by atoms with Crippen molar-refractivity contribution >= 4 is 40.9 Å². The summed E-state index contributed by atoms with van der Waals surface area (Å²) >= 11 is 12.2. The molecule has 3 rings (SSSR count). The number of carbonyl (C=O) groups is 3. The molecule has 0 N–H and O–H groups in total. The fourth-order valence-electron chi connectivity index (χ4n) is 3.90. The Labute approximate surface area is 163 Å². The van der Waals surface area contributed by atoms with Crippen molar-refractivity contribution in [3.63, 3.8) is 0 Å². The number of halogens is 2. The fourth-order valence-corrected chi connectivity index (χ4v) is 4.46. The van der Waals surface area contributed by atoms with Crippen molar-refractivity contribution in [1.29, 1.82) is 0 Å². The summed E-state index contributed by atoms with van der Waals surface area (Å²) in [7, 11) is 1.65. The molecule has 1 aliphatic heterocycles. The summed E-state index contributed by atoms with van der Waals surface area (Å²) in [6, 6.07) is 4.82. The molecule has 1 saturated carbocycles. The normalized spacial score (nSPS) is 23.8. The minimum absolute atomic E-state index is 0.196. The van der Waals surface area contributed by atoms with Gasteiger partial charge in [-0.25, -0.2) is 0 Å². The summed E-state index contributed by atoms with van der Waals surface area (Å²) in [5.74, 6) is -1.16. The Morgan fingerprint density at radius 1 is 1.19 bits per heavy atom. The van der Waals surface area contributed by atoms with Gasteiger partial charge in [0.2, 0.25) is 17.7 Å². The van der Waals surface area contributed by atoms with Crippen molar-refractivity contribution < 1.29 is 14.4 Å². The van der Waals surface area contributed by atoms with E-state index in [0.29, 0.717) is 10.0 Å². The number of amides is 3. The number of benzene rings is 1. The maximum atomic E-state index is 12.7. The lowest BCUT2D eigenvalue weighted by Gasteiger charge is -2.27. The maximum absolute atomic E-state index is 12.7. The highest BCUT2D eigenvalue weighted by Gasteiger charge is 2.48. The summed E-state index contributed by atoms with van der Waals surface area (Å²) in [5, 5.41) is 1.000. The molecule has 7 heteroatoms. The Hall–Kier alpha value is -1.59. The van der Waals surface area contributed by atoms with E-state index in [1.54, 1.807) is 25.2 Å². The Morgan fingerprint density at radius 2 is 1.77 bits per heavy atom. The smallest absolute Gasteiger partial charge is 0.242 e. The van der Waals surface area contributed by atoms with Crippen molar-refractivity contribution in [1.82, 2.24) is 9.80 Å². The largest absolute Gasteiger partial charge is 0.337 e. The second-order valence-electron chi connectivity index (χ2n) is 7.11. The van der Waals surface area contributed by atoms with E-state index in [2.05, 4.69) is 0 Å². The van der Waals surface area contributed by atoms with E-state index in [4.69, 9.17) is 23.2 Å². The van der Waals surface area contributed by atoms with Crippen LogP contribution < -0.4 is 0 Å². The molecule has 1 aromatic rings. The van der Waals surface area contributed by atoms with Crippen LogP contribution in [0.3, 0.4) is 0 Å². The van der Waals surface area contributed by atoms with Crippen LogP contribution in [0.15, 0.2) is 18.2 Å². The molecule has 3 atom stereocenters. The second-order valence-corrected chi connectivity index (χ2v) is 7.95. The molecule has 2 fully saturated rings. The van der Waals surface area contributed by atoms with Crippen molar-refractivity contribution in [2.45, 2.75) is 38.6 Å². The molecule has 140 valence electrons. The van der Waals surface area contributed by atoms with Crippen molar-refractivity contribution in [3.05, 3.63) is 33.8 Å². The van der Waals surface area contributed by atoms with E-state index in [-0.39, 0.29) is 42.1 Å². The number of likely N-dealkylation sites (tertiary alicyclic amines) is 1. The zero-order valence-corrected chi connectivity index (χ0v) is 16.4. The van der Waals surface area contributed by atoms with Crippen LogP contribution in [-0.2, 0) is 14.4 Å². The number of hydrogen-bond acceptors (Lipinski definition) is 3. The van der Waals surface area contributed by atoms with Crippen LogP contribution >= 0.6 is 23.2 Å². The lowest BCUT2D eigenvalue weighted by Crippen LogP contribution is -2.42. The van der Waals surface area contributed by atoms with Crippen molar-refractivity contribution in [2.75, 3.05) is 13.6 Å². The zero-order valence-electron chi connectivity index (χ0n) is 14.9. The third-order valence-corrected chi connectivity index (χ3v) is 6.18. The molecule has 0 bridgehead atoms. The third-order valence-electron chi connectivity index (χ3n) is 5.61. The first-order chi connectivity index (χ1) is 12.3. The Balaban J connectivity index is 1.71. The maximum Gasteiger partial charge on any atom is 0.242 e. The number of likely N-dealkylation sites (N-methyl/N-ethyl adjacent to an activating group) is 1. The van der Waals surface area contributed by atoms with Crippen LogP contribution in [0.1, 0.15) is 44.2 Å². The molecule has 1 heterocycles. The van der Waals surface area contributed by atoms with Gasteiger partial charge in [-0.15, -0.1) is 0 Å². The van der Waals surface area contributed by atoms with Gasteiger partial charge >= 0.3 is 0 Å². The first-order valence-electron chi connectivity index (χ1n) is 8.87. The minimum atomic E-state index is -0.303. The van der Waals surface area contributed by atoms with Crippen LogP contribution in [-0.4, -0.2) is 41.1 Å². The standard InChI is InChI=1S/C19H22Cl2N2O3/c1-11(13-8-7-12(20)9-16(13)21)22(2)17(24)10-23-18(25)14-5-3-4-6-15(14)19(23)26/h7-9,11,14-15H,3-6,10H2,1-2H3. The molecule has 3 unspecified atom stereocenters. The molecule has 0 spiro atoms. The molecular weight excluding hydrogens is 375 g/mol. The average Bonchev–Trinajstić information content (AvgIpc) is 2.86. The third kappa shape index (κ3) is 3.47. The van der Waals surface area contributed by atoms with Gasteiger partial charge in [-0.3, -0.25) is 19.3 Å². The molecule has 2 aliphatic rings. The molecule has 3 amide bonds. The van der Waals surface area contributed by atoms with Gasteiger partial charge in [-0.05, 0) is 37.5 Å². The highest BCUT2D eigenvalue weighted by molar-refractivity contribution is 6.35. The lowest BCUT2D eigenvalue weighted by molar-refractivity contribution is -0.146. The highest BCUT2D eigenvalue weighted by Crippen LogP contribution is 2.38. The van der Waals surface area contributed by atoms with E-state index in [1.165, 1.54) is 4.90 Å². The quantitative estimate of drug-likeness (QED) is 0.729. The molecule has 5 nitrogen and oxygen atoms in total. The number of imide groups is 1. The molecule has 1 saturated heterocycles. The van der Waals surface area contributed by atoms with Gasteiger partial charge in [0.1, 0.15) is 6.54 Å². The number of nitrogens with zero attached hydrogens (tertiary/aromatic N) is 2. The van der Waals surface area contributed by atoms with Gasteiger partial charge in [0.15, 0.2) is 0 Å². The van der Waals surface area contributed by atoms with Gasteiger partial charge in [0.25, 0.3) is 0 Å². The van der Waals surface area contributed by atoms with Gasteiger partial charge < -0.3 is 4.90 Å². The monoisotopic (exact) mass is 396 g/mol. The van der Waals surface area contributed by atoms with Crippen LogP contribution in [0.2, 0.25) is 10.0 Å². The summed E-state index contributed by atoms with van der Waals surface area (Å²) in [5.41, 5.74) is 0.764. The Morgan fingerprint density at radius 3 is 2.31 bits per heavy atom. The van der Waals surface area contributed by atoms with Crippen LogP contribution in [0.5, 0.6) is 0 Å². The molecule has 26 heavy (non-hydrogen) atoms. The minimum Gasteiger partial charge on any atom is -0.337 e. The van der Waals surface area contributed by atoms with E-state index in [1.807, 2.05) is 6.92 Å². The summed E-state index contributed by atoms with van der Waals surface area (Å²) < 4.78 is 0. The fraction of sp³-hybridized carbons (Fsp3) is 0.526. The lowest BCUT2D eigenvalue weighted by atomic mass is 9.81. The van der Waals surface area contributed by atoms with Crippen LogP contribution in [0.25, 0.3) is 0 Å². The highest BCUT2D eigenvalue weighted by atomic mass is 35.5. The Kier molecular flexibility index (Phi) is 5.58. The summed E-state index contributed by atoms with van der Waals surface area (Å²) in [6.45, 7) is 1.64. The first kappa shape index (κ1) is 19.2. The van der Waals surface area contributed by atoms with Crippen LogP contribution in [0.4, 0.5) is 0 Å². The zero-order chi connectivity index (χ0) is 19.0. The summed E-state index contributed by atoms with van der Waals surface area (Å²) in [6.07, 6.45) is 3.42. The van der Waals surface area contributed by atoms with E-state index in [9.17, 15) is 14.4 Å². The molecule has 0 aromatic heterocycles. The predicted octanol–water partition coefficient (Wildman–Crippen LogP) is 3.69. The Bertz CT molecular complexity index is 728. The topological polar surface area (TPSA) is 57.7 Å².